The molecule has 30 heavy (non-hydrogen) atoms. The number of halogens is 1. The van der Waals surface area contributed by atoms with Gasteiger partial charge < -0.3 is 19.4 Å². The fourth-order valence-corrected chi connectivity index (χ4v) is 3.93. The first-order valence-corrected chi connectivity index (χ1v) is 10.6. The van der Waals surface area contributed by atoms with Gasteiger partial charge in [-0.15, -0.1) is 0 Å². The Morgan fingerprint density at radius 1 is 1.13 bits per heavy atom. The van der Waals surface area contributed by atoms with Crippen molar-refractivity contribution in [2.75, 3.05) is 26.7 Å². The summed E-state index contributed by atoms with van der Waals surface area (Å²) in [6, 6.07) is 11.3. The molecule has 1 aromatic carbocycles. The van der Waals surface area contributed by atoms with Crippen molar-refractivity contribution >= 4 is 5.84 Å². The highest BCUT2D eigenvalue weighted by molar-refractivity contribution is 5.85. The van der Waals surface area contributed by atoms with Gasteiger partial charge in [-0.3, -0.25) is 4.98 Å². The average molecular weight is 413 g/mol. The number of likely N-dealkylation sites (tertiary alicyclic amines) is 1. The van der Waals surface area contributed by atoms with Gasteiger partial charge in [0.2, 0.25) is 5.72 Å². The zero-order valence-electron chi connectivity index (χ0n) is 17.7. The highest BCUT2D eigenvalue weighted by Crippen LogP contribution is 2.36. The number of rotatable bonds is 7. The number of ether oxygens (including phenoxy) is 1. The number of nitrogens with zero attached hydrogens (tertiary/aromatic N) is 4. The third kappa shape index (κ3) is 4.56. The molecule has 1 fully saturated rings. The smallest absolute Gasteiger partial charge is 0.214 e. The normalized spacial score (nSPS) is 18.4. The Morgan fingerprint density at radius 2 is 1.90 bits per heavy atom. The van der Waals surface area contributed by atoms with Crippen molar-refractivity contribution in [3.05, 3.63) is 59.7 Å². The molecule has 0 radical (unpaired) electrons. The number of aromatic nitrogens is 1. The summed E-state index contributed by atoms with van der Waals surface area (Å²) in [6.45, 7) is 5.24. The van der Waals surface area contributed by atoms with Crippen LogP contribution in [0, 0.1) is 5.82 Å². The van der Waals surface area contributed by atoms with Crippen molar-refractivity contribution in [1.29, 1.82) is 0 Å². The van der Waals surface area contributed by atoms with E-state index in [-0.39, 0.29) is 5.82 Å². The monoisotopic (exact) mass is 412 g/mol. The second-order valence-corrected chi connectivity index (χ2v) is 8.07. The quantitative estimate of drug-likeness (QED) is 0.692. The minimum atomic E-state index is -0.456. The summed E-state index contributed by atoms with van der Waals surface area (Å²) >= 11 is 0. The molecule has 2 aliphatic rings. The minimum Gasteiger partial charge on any atom is -0.494 e. The molecule has 0 amide bonds. The molecular formula is C23H29FN4O2. The SMILES string of the molecule is CCCOc1ccc(CC2=NOC3(CCN(C)CC3)N2Cc2ccc(F)cn2)cc1. The Balaban J connectivity index is 1.52. The molecule has 160 valence electrons. The van der Waals surface area contributed by atoms with Crippen molar-refractivity contribution in [1.82, 2.24) is 14.8 Å². The lowest BCUT2D eigenvalue weighted by Gasteiger charge is -2.42. The average Bonchev–Trinajstić information content (AvgIpc) is 3.08. The molecule has 1 spiro atoms. The van der Waals surface area contributed by atoms with Gasteiger partial charge >= 0.3 is 0 Å². The molecular weight excluding hydrogens is 383 g/mol. The first kappa shape index (κ1) is 20.6. The molecule has 1 saturated heterocycles. The molecule has 0 saturated carbocycles. The van der Waals surface area contributed by atoms with Gasteiger partial charge in [0, 0.05) is 32.4 Å². The number of hydrogen-bond donors (Lipinski definition) is 0. The van der Waals surface area contributed by atoms with Crippen molar-refractivity contribution in [3.63, 3.8) is 0 Å². The zero-order chi connectivity index (χ0) is 21.0. The summed E-state index contributed by atoms with van der Waals surface area (Å²) in [4.78, 5) is 14.8. The van der Waals surface area contributed by atoms with Gasteiger partial charge in [0.15, 0.2) is 5.84 Å². The molecule has 1 aromatic heterocycles. The number of hydrogen-bond acceptors (Lipinski definition) is 6. The first-order chi connectivity index (χ1) is 14.6. The van der Waals surface area contributed by atoms with Crippen LogP contribution in [0.25, 0.3) is 0 Å². The van der Waals surface area contributed by atoms with Crippen LogP contribution in [0.1, 0.15) is 37.4 Å². The molecule has 4 rings (SSSR count). The van der Waals surface area contributed by atoms with Crippen molar-refractivity contribution in [2.24, 2.45) is 5.16 Å². The fourth-order valence-electron chi connectivity index (χ4n) is 3.93. The first-order valence-electron chi connectivity index (χ1n) is 10.6. The van der Waals surface area contributed by atoms with Gasteiger partial charge in [-0.1, -0.05) is 24.2 Å². The van der Waals surface area contributed by atoms with Crippen LogP contribution in [0.2, 0.25) is 0 Å². The topological polar surface area (TPSA) is 50.2 Å². The summed E-state index contributed by atoms with van der Waals surface area (Å²) in [5, 5.41) is 4.49. The third-order valence-corrected chi connectivity index (χ3v) is 5.76. The van der Waals surface area contributed by atoms with Crippen molar-refractivity contribution in [3.8, 4) is 5.75 Å². The van der Waals surface area contributed by atoms with Crippen LogP contribution < -0.4 is 4.74 Å². The summed E-state index contributed by atoms with van der Waals surface area (Å²) in [5.41, 5.74) is 1.49. The molecule has 6 nitrogen and oxygen atoms in total. The van der Waals surface area contributed by atoms with Crippen LogP contribution in [0.15, 0.2) is 47.8 Å². The number of piperidine rings is 1. The van der Waals surface area contributed by atoms with E-state index in [1.54, 1.807) is 6.07 Å². The maximum Gasteiger partial charge on any atom is 0.214 e. The lowest BCUT2D eigenvalue weighted by Crippen LogP contribution is -2.54. The second-order valence-electron chi connectivity index (χ2n) is 8.07. The molecule has 2 aromatic rings. The van der Waals surface area contributed by atoms with Gasteiger partial charge in [0.05, 0.1) is 25.0 Å². The molecule has 0 aliphatic carbocycles. The van der Waals surface area contributed by atoms with Crippen molar-refractivity contribution < 1.29 is 14.0 Å². The van der Waals surface area contributed by atoms with Crippen LogP contribution in [-0.2, 0) is 17.8 Å². The summed E-state index contributed by atoms with van der Waals surface area (Å²) in [7, 11) is 2.12. The van der Waals surface area contributed by atoms with E-state index in [1.165, 1.54) is 12.3 Å². The van der Waals surface area contributed by atoms with E-state index in [0.717, 1.165) is 61.8 Å². The van der Waals surface area contributed by atoms with E-state index < -0.39 is 5.72 Å². The van der Waals surface area contributed by atoms with Gasteiger partial charge in [-0.05, 0) is 43.3 Å². The molecule has 0 bridgehead atoms. The van der Waals surface area contributed by atoms with Crippen LogP contribution in [0.3, 0.4) is 0 Å². The van der Waals surface area contributed by atoms with E-state index in [1.807, 2.05) is 12.1 Å². The molecule has 0 N–H and O–H groups in total. The van der Waals surface area contributed by atoms with E-state index in [4.69, 9.17) is 9.57 Å². The largest absolute Gasteiger partial charge is 0.494 e. The van der Waals surface area contributed by atoms with E-state index in [0.29, 0.717) is 13.0 Å². The highest BCUT2D eigenvalue weighted by atomic mass is 19.1. The number of oxime groups is 1. The number of benzene rings is 1. The van der Waals surface area contributed by atoms with Crippen LogP contribution in [0.5, 0.6) is 5.75 Å². The van der Waals surface area contributed by atoms with Crippen molar-refractivity contribution in [2.45, 2.75) is 44.9 Å². The van der Waals surface area contributed by atoms with Crippen LogP contribution in [-0.4, -0.2) is 53.1 Å². The lowest BCUT2D eigenvalue weighted by atomic mass is 9.97. The third-order valence-electron chi connectivity index (χ3n) is 5.76. The summed E-state index contributed by atoms with van der Waals surface area (Å²) in [6.07, 6.45) is 4.63. The van der Waals surface area contributed by atoms with Gasteiger partial charge in [-0.2, -0.15) is 0 Å². The van der Waals surface area contributed by atoms with Crippen LogP contribution >= 0.6 is 0 Å². The second kappa shape index (κ2) is 9.00. The number of amidine groups is 1. The molecule has 0 atom stereocenters. The van der Waals surface area contributed by atoms with E-state index >= 15 is 0 Å². The molecule has 7 heteroatoms. The van der Waals surface area contributed by atoms with Gasteiger partial charge in [0.1, 0.15) is 11.6 Å². The predicted octanol–water partition coefficient (Wildman–Crippen LogP) is 3.82. The summed E-state index contributed by atoms with van der Waals surface area (Å²) < 4.78 is 19.0. The van der Waals surface area contributed by atoms with E-state index in [2.05, 4.69) is 46.0 Å². The molecule has 0 unspecified atom stereocenters. The fraction of sp³-hybridized carbons (Fsp3) is 0.478. The Hall–Kier alpha value is -2.67. The van der Waals surface area contributed by atoms with Crippen LogP contribution in [0.4, 0.5) is 4.39 Å². The van der Waals surface area contributed by atoms with E-state index in [9.17, 15) is 4.39 Å². The Kier molecular flexibility index (Phi) is 6.18. The molecule has 2 aliphatic heterocycles. The lowest BCUT2D eigenvalue weighted by molar-refractivity contribution is -0.133. The Bertz CT molecular complexity index is 862. The standard InChI is InChI=1S/C23H29FN4O2/c1-3-14-29-21-8-4-18(5-9-21)15-22-26-30-23(10-12-27(2)13-11-23)28(22)17-20-7-6-19(24)16-25-20/h4-9,16H,3,10-15,17H2,1-2H3. The maximum absolute atomic E-state index is 13.3. The van der Waals surface area contributed by atoms with Gasteiger partial charge in [-0.25, -0.2) is 4.39 Å². The Morgan fingerprint density at radius 3 is 2.57 bits per heavy atom. The van der Waals surface area contributed by atoms with Gasteiger partial charge in [0.25, 0.3) is 0 Å². The minimum absolute atomic E-state index is 0.329. The Labute approximate surface area is 177 Å². The predicted molar refractivity (Wildman–Crippen MR) is 114 cm³/mol. The molecule has 3 heterocycles. The maximum atomic E-state index is 13.3. The highest BCUT2D eigenvalue weighted by Gasteiger charge is 2.47. The zero-order valence-corrected chi connectivity index (χ0v) is 17.7. The summed E-state index contributed by atoms with van der Waals surface area (Å²) in [5.74, 6) is 1.43. The number of pyridine rings is 1.